The average Bonchev–Trinajstić information content (AvgIpc) is 3.52. The van der Waals surface area contributed by atoms with Crippen LogP contribution in [-0.4, -0.2) is 40.2 Å². The molecule has 0 spiro atoms. The molecule has 7 heteroatoms. The molecule has 1 aliphatic carbocycles. The lowest BCUT2D eigenvalue weighted by Crippen LogP contribution is -2.31. The van der Waals surface area contributed by atoms with Crippen LogP contribution in [0.4, 0.5) is 4.39 Å². The SMILES string of the molecule is CN(Cc1ccccc1F)C(=O)COC(=O)c1cc(C2CC2)nn1-c1ccccc1. The van der Waals surface area contributed by atoms with Crippen molar-refractivity contribution in [3.8, 4) is 5.69 Å². The zero-order valence-electron chi connectivity index (χ0n) is 16.6. The van der Waals surface area contributed by atoms with Gasteiger partial charge in [-0.2, -0.15) is 5.10 Å². The number of ether oxygens (including phenoxy) is 1. The number of halogens is 1. The first-order valence-corrected chi connectivity index (χ1v) is 9.83. The van der Waals surface area contributed by atoms with Gasteiger partial charge in [-0.3, -0.25) is 4.79 Å². The Morgan fingerprint density at radius 2 is 1.83 bits per heavy atom. The van der Waals surface area contributed by atoms with E-state index in [-0.39, 0.29) is 18.1 Å². The molecule has 1 heterocycles. The first kappa shape index (κ1) is 19.8. The molecular formula is C23H22FN3O3. The van der Waals surface area contributed by atoms with Crippen LogP contribution in [0.15, 0.2) is 60.7 Å². The number of esters is 1. The molecule has 0 bridgehead atoms. The third-order valence-corrected chi connectivity index (χ3v) is 5.05. The van der Waals surface area contributed by atoms with E-state index in [1.807, 2.05) is 30.3 Å². The molecule has 0 aliphatic heterocycles. The third-order valence-electron chi connectivity index (χ3n) is 5.05. The molecule has 0 saturated heterocycles. The average molecular weight is 407 g/mol. The van der Waals surface area contributed by atoms with Gasteiger partial charge in [-0.15, -0.1) is 0 Å². The Kier molecular flexibility index (Phi) is 5.61. The number of likely N-dealkylation sites (N-methyl/N-ethyl adjacent to an activating group) is 1. The summed E-state index contributed by atoms with van der Waals surface area (Å²) in [6.45, 7) is -0.334. The van der Waals surface area contributed by atoms with Crippen molar-refractivity contribution in [3.63, 3.8) is 0 Å². The molecule has 1 fully saturated rings. The van der Waals surface area contributed by atoms with Crippen molar-refractivity contribution in [2.75, 3.05) is 13.7 Å². The van der Waals surface area contributed by atoms with Crippen molar-refractivity contribution in [1.29, 1.82) is 0 Å². The summed E-state index contributed by atoms with van der Waals surface area (Å²) < 4.78 is 20.6. The van der Waals surface area contributed by atoms with Crippen LogP contribution in [0.25, 0.3) is 5.69 Å². The summed E-state index contributed by atoms with van der Waals surface area (Å²) in [5.74, 6) is -1.05. The Morgan fingerprint density at radius 3 is 2.53 bits per heavy atom. The van der Waals surface area contributed by atoms with Crippen LogP contribution in [0.3, 0.4) is 0 Å². The van der Waals surface area contributed by atoms with Gasteiger partial charge in [0, 0.05) is 25.1 Å². The molecule has 3 aromatic rings. The number of carbonyl (C=O) groups is 2. The summed E-state index contributed by atoms with van der Waals surface area (Å²) >= 11 is 0. The molecule has 30 heavy (non-hydrogen) atoms. The number of nitrogens with zero attached hydrogens (tertiary/aromatic N) is 3. The topological polar surface area (TPSA) is 64.4 Å². The van der Waals surface area contributed by atoms with E-state index < -0.39 is 18.5 Å². The molecule has 0 N–H and O–H groups in total. The fourth-order valence-corrected chi connectivity index (χ4v) is 3.17. The fraction of sp³-hybridized carbons (Fsp3) is 0.261. The second-order valence-corrected chi connectivity index (χ2v) is 7.39. The van der Waals surface area contributed by atoms with E-state index in [2.05, 4.69) is 5.10 Å². The molecule has 6 nitrogen and oxygen atoms in total. The van der Waals surface area contributed by atoms with Crippen molar-refractivity contribution < 1.29 is 18.7 Å². The number of para-hydroxylation sites is 1. The number of hydrogen-bond acceptors (Lipinski definition) is 4. The van der Waals surface area contributed by atoms with E-state index in [4.69, 9.17) is 4.74 Å². The summed E-state index contributed by atoms with van der Waals surface area (Å²) in [7, 11) is 1.54. The van der Waals surface area contributed by atoms with Gasteiger partial charge in [0.15, 0.2) is 12.3 Å². The summed E-state index contributed by atoms with van der Waals surface area (Å²) in [5, 5.41) is 4.57. The zero-order chi connectivity index (χ0) is 21.1. The predicted molar refractivity (Wildman–Crippen MR) is 109 cm³/mol. The van der Waals surface area contributed by atoms with Gasteiger partial charge in [-0.25, -0.2) is 13.9 Å². The van der Waals surface area contributed by atoms with Crippen molar-refractivity contribution in [2.24, 2.45) is 0 Å². The van der Waals surface area contributed by atoms with E-state index in [0.717, 1.165) is 24.2 Å². The molecule has 1 saturated carbocycles. The van der Waals surface area contributed by atoms with E-state index in [0.29, 0.717) is 11.5 Å². The first-order valence-electron chi connectivity index (χ1n) is 9.83. The number of amides is 1. The second kappa shape index (κ2) is 8.49. The second-order valence-electron chi connectivity index (χ2n) is 7.39. The number of aromatic nitrogens is 2. The molecule has 0 unspecified atom stereocenters. The Morgan fingerprint density at radius 1 is 1.13 bits per heavy atom. The Bertz CT molecular complexity index is 1060. The lowest BCUT2D eigenvalue weighted by molar-refractivity contribution is -0.133. The van der Waals surface area contributed by atoms with Crippen molar-refractivity contribution in [3.05, 3.63) is 83.4 Å². The largest absolute Gasteiger partial charge is 0.451 e. The van der Waals surface area contributed by atoms with Gasteiger partial charge < -0.3 is 9.64 Å². The first-order chi connectivity index (χ1) is 14.5. The van der Waals surface area contributed by atoms with Crippen LogP contribution in [0.2, 0.25) is 0 Å². The van der Waals surface area contributed by atoms with E-state index >= 15 is 0 Å². The number of benzene rings is 2. The van der Waals surface area contributed by atoms with Gasteiger partial charge in [0.05, 0.1) is 11.4 Å². The lowest BCUT2D eigenvalue weighted by atomic mass is 10.2. The number of carbonyl (C=O) groups excluding carboxylic acids is 2. The van der Waals surface area contributed by atoms with Crippen LogP contribution < -0.4 is 0 Å². The Balaban J connectivity index is 1.44. The zero-order valence-corrected chi connectivity index (χ0v) is 16.6. The maximum atomic E-state index is 13.8. The molecule has 0 atom stereocenters. The Labute approximate surface area is 173 Å². The number of hydrogen-bond donors (Lipinski definition) is 0. The highest BCUT2D eigenvalue weighted by Crippen LogP contribution is 2.39. The molecule has 4 rings (SSSR count). The normalized spacial score (nSPS) is 13.1. The maximum absolute atomic E-state index is 13.8. The smallest absolute Gasteiger partial charge is 0.357 e. The highest BCUT2D eigenvalue weighted by molar-refractivity contribution is 5.90. The lowest BCUT2D eigenvalue weighted by Gasteiger charge is -2.17. The van der Waals surface area contributed by atoms with Gasteiger partial charge in [-0.05, 0) is 37.1 Å². The molecule has 1 aliphatic rings. The van der Waals surface area contributed by atoms with Gasteiger partial charge in [0.25, 0.3) is 5.91 Å². The van der Waals surface area contributed by atoms with Crippen molar-refractivity contribution in [2.45, 2.75) is 25.3 Å². The highest BCUT2D eigenvalue weighted by atomic mass is 19.1. The highest BCUT2D eigenvalue weighted by Gasteiger charge is 2.29. The minimum absolute atomic E-state index is 0.0941. The Hall–Kier alpha value is -3.48. The minimum Gasteiger partial charge on any atom is -0.451 e. The van der Waals surface area contributed by atoms with Gasteiger partial charge in [0.1, 0.15) is 5.82 Å². The molecular weight excluding hydrogens is 385 g/mol. The van der Waals surface area contributed by atoms with E-state index in [1.165, 1.54) is 11.0 Å². The van der Waals surface area contributed by atoms with Crippen molar-refractivity contribution in [1.82, 2.24) is 14.7 Å². The molecule has 0 radical (unpaired) electrons. The monoisotopic (exact) mass is 407 g/mol. The van der Waals surface area contributed by atoms with Crippen LogP contribution in [0, 0.1) is 5.82 Å². The molecule has 1 amide bonds. The molecule has 154 valence electrons. The molecule has 1 aromatic heterocycles. The van der Waals surface area contributed by atoms with Crippen LogP contribution in [0.1, 0.15) is 40.5 Å². The molecule has 2 aromatic carbocycles. The predicted octanol–water partition coefficient (Wildman–Crippen LogP) is 3.70. The van der Waals surface area contributed by atoms with E-state index in [9.17, 15) is 14.0 Å². The maximum Gasteiger partial charge on any atom is 0.357 e. The number of rotatable bonds is 7. The van der Waals surface area contributed by atoms with Crippen molar-refractivity contribution >= 4 is 11.9 Å². The van der Waals surface area contributed by atoms with Crippen LogP contribution in [-0.2, 0) is 16.1 Å². The van der Waals surface area contributed by atoms with E-state index in [1.54, 1.807) is 36.0 Å². The third kappa shape index (κ3) is 4.40. The summed E-state index contributed by atoms with van der Waals surface area (Å²) in [4.78, 5) is 26.4. The standard InChI is InChI=1S/C23H22FN3O3/c1-26(14-17-7-5-6-10-19(17)24)22(28)15-30-23(29)21-13-20(16-11-12-16)25-27(21)18-8-3-2-4-9-18/h2-10,13,16H,11-12,14-15H2,1H3. The van der Waals surface area contributed by atoms with Crippen LogP contribution in [0.5, 0.6) is 0 Å². The summed E-state index contributed by atoms with van der Waals surface area (Å²) in [6, 6.07) is 17.3. The van der Waals surface area contributed by atoms with Crippen LogP contribution >= 0.6 is 0 Å². The van der Waals surface area contributed by atoms with Gasteiger partial charge in [0.2, 0.25) is 0 Å². The van der Waals surface area contributed by atoms with Gasteiger partial charge in [-0.1, -0.05) is 36.4 Å². The van der Waals surface area contributed by atoms with Gasteiger partial charge >= 0.3 is 5.97 Å². The minimum atomic E-state index is -0.620. The summed E-state index contributed by atoms with van der Waals surface area (Å²) in [5.41, 5.74) is 2.29. The fourth-order valence-electron chi connectivity index (χ4n) is 3.17. The quantitative estimate of drug-likeness (QED) is 0.560. The summed E-state index contributed by atoms with van der Waals surface area (Å²) in [6.07, 6.45) is 2.11.